The second kappa shape index (κ2) is 5.98. The van der Waals surface area contributed by atoms with Crippen molar-refractivity contribution in [2.75, 3.05) is 26.2 Å². The fourth-order valence-electron chi connectivity index (χ4n) is 3.82. The zero-order chi connectivity index (χ0) is 16.6. The molecule has 0 atom stereocenters. The number of hydrogen-bond donors (Lipinski definition) is 0. The number of aromatic nitrogens is 2. The van der Waals surface area contributed by atoms with Crippen LogP contribution in [0.5, 0.6) is 0 Å². The maximum Gasteiger partial charge on any atom is 0.257 e. The summed E-state index contributed by atoms with van der Waals surface area (Å²) in [5.74, 6) is 0.836. The zero-order valence-electron chi connectivity index (χ0n) is 14.3. The van der Waals surface area contributed by atoms with Crippen LogP contribution in [0.2, 0.25) is 0 Å². The molecular formula is C17H26N4O2. The monoisotopic (exact) mass is 318 g/mol. The lowest BCUT2D eigenvalue weighted by atomic mass is 9.77. The molecule has 2 aliphatic heterocycles. The van der Waals surface area contributed by atoms with Crippen LogP contribution in [0.25, 0.3) is 0 Å². The van der Waals surface area contributed by atoms with Gasteiger partial charge in [0.15, 0.2) is 0 Å². The van der Waals surface area contributed by atoms with Crippen molar-refractivity contribution in [1.82, 2.24) is 19.6 Å². The van der Waals surface area contributed by atoms with Crippen molar-refractivity contribution in [2.24, 2.45) is 18.4 Å². The third kappa shape index (κ3) is 3.26. The summed E-state index contributed by atoms with van der Waals surface area (Å²) in [6.07, 6.45) is 5.86. The minimum atomic E-state index is 0.0521. The number of carbonyl (C=O) groups is 2. The van der Waals surface area contributed by atoms with Gasteiger partial charge in [-0.2, -0.15) is 5.10 Å². The molecule has 23 heavy (non-hydrogen) atoms. The van der Waals surface area contributed by atoms with E-state index in [2.05, 4.69) is 18.9 Å². The van der Waals surface area contributed by atoms with Gasteiger partial charge in [-0.25, -0.2) is 0 Å². The van der Waals surface area contributed by atoms with Gasteiger partial charge in [0.2, 0.25) is 5.91 Å². The average Bonchev–Trinajstić information content (AvgIpc) is 3.04. The quantitative estimate of drug-likeness (QED) is 0.849. The molecule has 0 unspecified atom stereocenters. The van der Waals surface area contributed by atoms with Crippen LogP contribution in [0.3, 0.4) is 0 Å². The summed E-state index contributed by atoms with van der Waals surface area (Å²) in [6.45, 7) is 7.46. The van der Waals surface area contributed by atoms with E-state index >= 15 is 0 Å². The highest BCUT2D eigenvalue weighted by molar-refractivity contribution is 5.93. The second-order valence-corrected chi connectivity index (χ2v) is 7.54. The number of piperidine rings is 1. The summed E-state index contributed by atoms with van der Waals surface area (Å²) >= 11 is 0. The molecule has 1 spiro atoms. The van der Waals surface area contributed by atoms with Crippen molar-refractivity contribution in [2.45, 2.75) is 33.1 Å². The fourth-order valence-corrected chi connectivity index (χ4v) is 3.82. The highest BCUT2D eigenvalue weighted by Gasteiger charge is 2.45. The van der Waals surface area contributed by atoms with Gasteiger partial charge in [0.1, 0.15) is 0 Å². The summed E-state index contributed by atoms with van der Waals surface area (Å²) in [6, 6.07) is 0. The lowest BCUT2D eigenvalue weighted by molar-refractivity contribution is -0.128. The Labute approximate surface area is 137 Å². The van der Waals surface area contributed by atoms with Crippen LogP contribution in [-0.4, -0.2) is 57.6 Å². The topological polar surface area (TPSA) is 58.4 Å². The molecule has 3 heterocycles. The van der Waals surface area contributed by atoms with Gasteiger partial charge in [0, 0.05) is 51.3 Å². The predicted octanol–water partition coefficient (Wildman–Crippen LogP) is 1.53. The van der Waals surface area contributed by atoms with E-state index in [-0.39, 0.29) is 17.2 Å². The summed E-state index contributed by atoms with van der Waals surface area (Å²) in [5.41, 5.74) is 0.727. The van der Waals surface area contributed by atoms with Crippen molar-refractivity contribution in [1.29, 1.82) is 0 Å². The third-order valence-corrected chi connectivity index (χ3v) is 5.05. The van der Waals surface area contributed by atoms with Crippen molar-refractivity contribution in [3.63, 3.8) is 0 Å². The molecule has 1 aromatic rings. The Bertz CT molecular complexity index is 599. The first-order valence-corrected chi connectivity index (χ1v) is 8.44. The van der Waals surface area contributed by atoms with Gasteiger partial charge >= 0.3 is 0 Å². The first-order valence-electron chi connectivity index (χ1n) is 8.44. The Kier molecular flexibility index (Phi) is 4.17. The number of amides is 2. The van der Waals surface area contributed by atoms with Gasteiger partial charge in [0.25, 0.3) is 5.91 Å². The van der Waals surface area contributed by atoms with E-state index in [0.29, 0.717) is 17.9 Å². The zero-order valence-corrected chi connectivity index (χ0v) is 14.3. The molecule has 0 aromatic carbocycles. The lowest BCUT2D eigenvalue weighted by Gasteiger charge is -2.38. The van der Waals surface area contributed by atoms with Crippen LogP contribution < -0.4 is 0 Å². The fraction of sp³-hybridized carbons (Fsp3) is 0.706. The Hall–Kier alpha value is -1.85. The second-order valence-electron chi connectivity index (χ2n) is 7.54. The van der Waals surface area contributed by atoms with E-state index in [4.69, 9.17) is 0 Å². The largest absolute Gasteiger partial charge is 0.342 e. The summed E-state index contributed by atoms with van der Waals surface area (Å²) in [5, 5.41) is 4.07. The van der Waals surface area contributed by atoms with Gasteiger partial charge in [0.05, 0.1) is 11.8 Å². The van der Waals surface area contributed by atoms with Gasteiger partial charge < -0.3 is 9.80 Å². The molecule has 2 amide bonds. The van der Waals surface area contributed by atoms with E-state index in [1.54, 1.807) is 17.1 Å². The van der Waals surface area contributed by atoms with Crippen molar-refractivity contribution in [3.8, 4) is 0 Å². The minimum Gasteiger partial charge on any atom is -0.342 e. The highest BCUT2D eigenvalue weighted by Crippen LogP contribution is 2.41. The SMILES string of the molecule is CC(C)CN1CC2(CCN(C(=O)c3cnn(C)c3)CC2)CC1=O. The number of carbonyl (C=O) groups excluding carboxylic acids is 2. The van der Waals surface area contributed by atoms with Crippen molar-refractivity contribution >= 4 is 11.8 Å². The van der Waals surface area contributed by atoms with Crippen LogP contribution in [0.1, 0.15) is 43.5 Å². The molecule has 2 saturated heterocycles. The Morgan fingerprint density at radius 1 is 1.35 bits per heavy atom. The van der Waals surface area contributed by atoms with Crippen LogP contribution in [0, 0.1) is 11.3 Å². The first kappa shape index (κ1) is 16.0. The molecule has 3 rings (SSSR count). The van der Waals surface area contributed by atoms with E-state index in [9.17, 15) is 9.59 Å². The molecule has 2 aliphatic rings. The molecule has 0 N–H and O–H groups in total. The normalized spacial score (nSPS) is 20.8. The smallest absolute Gasteiger partial charge is 0.257 e. The summed E-state index contributed by atoms with van der Waals surface area (Å²) < 4.78 is 1.65. The number of rotatable bonds is 3. The van der Waals surface area contributed by atoms with E-state index < -0.39 is 0 Å². The van der Waals surface area contributed by atoms with Gasteiger partial charge in [-0.15, -0.1) is 0 Å². The maximum absolute atomic E-state index is 12.5. The number of likely N-dealkylation sites (tertiary alicyclic amines) is 2. The Morgan fingerprint density at radius 2 is 2.04 bits per heavy atom. The van der Waals surface area contributed by atoms with Crippen LogP contribution >= 0.6 is 0 Å². The van der Waals surface area contributed by atoms with E-state index in [1.165, 1.54) is 0 Å². The Balaban J connectivity index is 1.60. The highest BCUT2D eigenvalue weighted by atomic mass is 16.2. The summed E-state index contributed by atoms with van der Waals surface area (Å²) in [7, 11) is 1.81. The van der Waals surface area contributed by atoms with Crippen LogP contribution in [-0.2, 0) is 11.8 Å². The van der Waals surface area contributed by atoms with Gasteiger partial charge in [-0.05, 0) is 18.8 Å². The third-order valence-electron chi connectivity index (χ3n) is 5.05. The molecule has 6 nitrogen and oxygen atoms in total. The number of nitrogens with zero attached hydrogens (tertiary/aromatic N) is 4. The number of hydrogen-bond acceptors (Lipinski definition) is 3. The molecule has 0 radical (unpaired) electrons. The van der Waals surface area contributed by atoms with Crippen LogP contribution in [0.15, 0.2) is 12.4 Å². The van der Waals surface area contributed by atoms with Crippen molar-refractivity contribution < 1.29 is 9.59 Å². The molecular weight excluding hydrogens is 292 g/mol. The van der Waals surface area contributed by atoms with Gasteiger partial charge in [-0.3, -0.25) is 14.3 Å². The minimum absolute atomic E-state index is 0.0521. The standard InChI is InChI=1S/C17H26N4O2/c1-13(2)10-21-12-17(8-15(21)22)4-6-20(7-5-17)16(23)14-9-18-19(3)11-14/h9,11,13H,4-8,10,12H2,1-3H3. The van der Waals surface area contributed by atoms with Crippen LogP contribution in [0.4, 0.5) is 0 Å². The molecule has 1 aromatic heterocycles. The van der Waals surface area contributed by atoms with E-state index in [1.807, 2.05) is 16.8 Å². The Morgan fingerprint density at radius 3 is 2.61 bits per heavy atom. The maximum atomic E-state index is 12.5. The molecule has 0 saturated carbocycles. The molecule has 126 valence electrons. The number of aryl methyl sites for hydroxylation is 1. The molecule has 0 aliphatic carbocycles. The average molecular weight is 318 g/mol. The summed E-state index contributed by atoms with van der Waals surface area (Å²) in [4.78, 5) is 28.7. The predicted molar refractivity (Wildman–Crippen MR) is 86.8 cm³/mol. The lowest BCUT2D eigenvalue weighted by Crippen LogP contribution is -2.44. The molecule has 2 fully saturated rings. The molecule has 0 bridgehead atoms. The first-order chi connectivity index (χ1) is 10.9. The van der Waals surface area contributed by atoms with Gasteiger partial charge in [-0.1, -0.05) is 13.8 Å². The van der Waals surface area contributed by atoms with Crippen molar-refractivity contribution in [3.05, 3.63) is 18.0 Å². The van der Waals surface area contributed by atoms with E-state index in [0.717, 1.165) is 39.0 Å². The molecule has 6 heteroatoms.